The quantitative estimate of drug-likeness (QED) is 0.785. The van der Waals surface area contributed by atoms with E-state index in [2.05, 4.69) is 17.6 Å². The fourth-order valence-electron chi connectivity index (χ4n) is 3.60. The summed E-state index contributed by atoms with van der Waals surface area (Å²) in [5.74, 6) is 0.903. The highest BCUT2D eigenvalue weighted by Gasteiger charge is 2.34. The van der Waals surface area contributed by atoms with Crippen molar-refractivity contribution < 1.29 is 9.90 Å². The van der Waals surface area contributed by atoms with Crippen molar-refractivity contribution in [3.63, 3.8) is 0 Å². The molecule has 2 heterocycles. The van der Waals surface area contributed by atoms with E-state index in [4.69, 9.17) is 0 Å². The molecule has 1 amide bonds. The van der Waals surface area contributed by atoms with Gasteiger partial charge in [0.15, 0.2) is 0 Å². The van der Waals surface area contributed by atoms with Crippen LogP contribution in [0.25, 0.3) is 0 Å². The highest BCUT2D eigenvalue weighted by atomic mass is 32.1. The van der Waals surface area contributed by atoms with Gasteiger partial charge < -0.3 is 15.7 Å². The number of rotatable bonds is 2. The number of thiophene rings is 1. The van der Waals surface area contributed by atoms with Crippen LogP contribution >= 0.6 is 11.3 Å². The average Bonchev–Trinajstić information content (AvgIpc) is 2.92. The van der Waals surface area contributed by atoms with E-state index in [1.165, 1.54) is 23.3 Å². The summed E-state index contributed by atoms with van der Waals surface area (Å²) in [5.41, 5.74) is 2.76. The van der Waals surface area contributed by atoms with E-state index in [1.54, 1.807) is 23.5 Å². The van der Waals surface area contributed by atoms with Gasteiger partial charge >= 0.3 is 0 Å². The molecule has 2 atom stereocenters. The fraction of sp³-hybridized carbons (Fsp3) is 0.389. The molecule has 1 aliphatic heterocycles. The molecule has 3 N–H and O–H groups in total. The van der Waals surface area contributed by atoms with Crippen molar-refractivity contribution in [3.05, 3.63) is 45.8 Å². The fourth-order valence-corrected chi connectivity index (χ4v) is 4.99. The summed E-state index contributed by atoms with van der Waals surface area (Å²) < 4.78 is 0. The summed E-state index contributed by atoms with van der Waals surface area (Å²) in [7, 11) is 0. The monoisotopic (exact) mass is 328 g/mol. The third-order valence-corrected chi connectivity index (χ3v) is 6.16. The Balaban J connectivity index is 1.69. The highest BCUT2D eigenvalue weighted by molar-refractivity contribution is 7.16. The van der Waals surface area contributed by atoms with Crippen molar-refractivity contribution in [3.8, 4) is 5.75 Å². The number of anilines is 1. The van der Waals surface area contributed by atoms with Crippen LogP contribution < -0.4 is 10.6 Å². The van der Waals surface area contributed by atoms with Gasteiger partial charge in [0.1, 0.15) is 16.9 Å². The maximum Gasteiger partial charge on any atom is 0.256 e. The molecule has 2 aromatic rings. The topological polar surface area (TPSA) is 61.4 Å². The standard InChI is InChI=1S/C18H20N2O2S/c1-2-10-7-8-12-14(9-10)23-18-15(12)17(22)19-16(20-18)11-5-3-4-6-13(11)21/h3-6,10,16,20-21H,2,7-9H2,1H3,(H,19,22)/t10-,16+/m1/s1. The first-order valence-electron chi connectivity index (χ1n) is 8.17. The zero-order valence-corrected chi connectivity index (χ0v) is 13.9. The second-order valence-corrected chi connectivity index (χ2v) is 7.44. The lowest BCUT2D eigenvalue weighted by atomic mass is 9.85. The van der Waals surface area contributed by atoms with E-state index in [0.717, 1.165) is 29.3 Å². The van der Waals surface area contributed by atoms with Gasteiger partial charge in [0.2, 0.25) is 0 Å². The second kappa shape index (κ2) is 5.57. The molecule has 0 spiro atoms. The van der Waals surface area contributed by atoms with Crippen LogP contribution in [0.5, 0.6) is 5.75 Å². The van der Waals surface area contributed by atoms with E-state index in [-0.39, 0.29) is 17.8 Å². The Morgan fingerprint density at radius 3 is 2.91 bits per heavy atom. The van der Waals surface area contributed by atoms with Gasteiger partial charge in [-0.2, -0.15) is 0 Å². The molecule has 5 heteroatoms. The number of carbonyl (C=O) groups excluding carboxylic acids is 1. The average molecular weight is 328 g/mol. The molecule has 0 saturated carbocycles. The lowest BCUT2D eigenvalue weighted by Gasteiger charge is -2.27. The van der Waals surface area contributed by atoms with E-state index in [0.29, 0.717) is 5.56 Å². The maximum absolute atomic E-state index is 12.6. The number of benzene rings is 1. The number of hydrogen-bond donors (Lipinski definition) is 3. The number of hydrogen-bond acceptors (Lipinski definition) is 4. The van der Waals surface area contributed by atoms with Gasteiger partial charge in [-0.25, -0.2) is 0 Å². The molecule has 4 nitrogen and oxygen atoms in total. The molecule has 0 unspecified atom stereocenters. The number of amides is 1. The molecule has 0 bridgehead atoms. The van der Waals surface area contributed by atoms with Gasteiger partial charge in [-0.1, -0.05) is 31.5 Å². The van der Waals surface area contributed by atoms with Crippen molar-refractivity contribution >= 4 is 22.2 Å². The van der Waals surface area contributed by atoms with E-state index < -0.39 is 0 Å². The van der Waals surface area contributed by atoms with Crippen molar-refractivity contribution in [1.82, 2.24) is 5.32 Å². The summed E-state index contributed by atoms with van der Waals surface area (Å²) in [4.78, 5) is 14.0. The van der Waals surface area contributed by atoms with Crippen molar-refractivity contribution in [2.24, 2.45) is 5.92 Å². The molecular formula is C18H20N2O2S. The van der Waals surface area contributed by atoms with Crippen LogP contribution in [0, 0.1) is 5.92 Å². The van der Waals surface area contributed by atoms with E-state index >= 15 is 0 Å². The molecule has 23 heavy (non-hydrogen) atoms. The van der Waals surface area contributed by atoms with Gasteiger partial charge in [0.05, 0.1) is 5.56 Å². The predicted octanol–water partition coefficient (Wildman–Crippen LogP) is 3.82. The lowest BCUT2D eigenvalue weighted by molar-refractivity contribution is 0.0935. The second-order valence-electron chi connectivity index (χ2n) is 6.33. The minimum Gasteiger partial charge on any atom is -0.508 e. The number of phenols is 1. The first-order chi connectivity index (χ1) is 11.2. The number of para-hydroxylation sites is 1. The largest absolute Gasteiger partial charge is 0.508 e. The smallest absolute Gasteiger partial charge is 0.256 e. The minimum atomic E-state index is -0.377. The van der Waals surface area contributed by atoms with Crippen LogP contribution in [0.15, 0.2) is 24.3 Å². The van der Waals surface area contributed by atoms with Gasteiger partial charge in [0, 0.05) is 10.4 Å². The molecule has 1 aliphatic carbocycles. The summed E-state index contributed by atoms with van der Waals surface area (Å²) in [6.07, 6.45) is 4.07. The number of aromatic hydroxyl groups is 1. The maximum atomic E-state index is 12.6. The van der Waals surface area contributed by atoms with Gasteiger partial charge in [-0.3, -0.25) is 4.79 Å². The molecule has 0 fully saturated rings. The van der Waals surface area contributed by atoms with E-state index in [1.807, 2.05) is 12.1 Å². The van der Waals surface area contributed by atoms with Crippen molar-refractivity contribution in [1.29, 1.82) is 0 Å². The van der Waals surface area contributed by atoms with Crippen molar-refractivity contribution in [2.75, 3.05) is 5.32 Å². The van der Waals surface area contributed by atoms with Crippen molar-refractivity contribution in [2.45, 2.75) is 38.8 Å². The lowest BCUT2D eigenvalue weighted by Crippen LogP contribution is -2.38. The molecule has 1 aromatic heterocycles. The molecular weight excluding hydrogens is 308 g/mol. The molecule has 0 saturated heterocycles. The van der Waals surface area contributed by atoms with Crippen LogP contribution in [0.4, 0.5) is 5.00 Å². The summed E-state index contributed by atoms with van der Waals surface area (Å²) in [5, 5.41) is 17.4. The van der Waals surface area contributed by atoms with Gasteiger partial charge in [0.25, 0.3) is 5.91 Å². The highest BCUT2D eigenvalue weighted by Crippen LogP contribution is 2.43. The number of nitrogens with one attached hydrogen (secondary N) is 2. The third kappa shape index (κ3) is 2.39. The van der Waals surface area contributed by atoms with Crippen LogP contribution in [-0.2, 0) is 12.8 Å². The van der Waals surface area contributed by atoms with Crippen LogP contribution in [0.3, 0.4) is 0 Å². The Bertz CT molecular complexity index is 768. The number of fused-ring (bicyclic) bond motifs is 3. The zero-order chi connectivity index (χ0) is 16.0. The Hall–Kier alpha value is -2.01. The molecule has 4 rings (SSSR count). The summed E-state index contributed by atoms with van der Waals surface area (Å²) in [6.45, 7) is 2.24. The number of carbonyl (C=O) groups is 1. The first kappa shape index (κ1) is 14.6. The third-order valence-electron chi connectivity index (χ3n) is 4.97. The normalized spacial score (nSPS) is 22.7. The predicted molar refractivity (Wildman–Crippen MR) is 92.1 cm³/mol. The molecule has 1 aromatic carbocycles. The molecule has 2 aliphatic rings. The first-order valence-corrected chi connectivity index (χ1v) is 8.98. The number of phenolic OH excluding ortho intramolecular Hbond substituents is 1. The Labute approximate surface area is 139 Å². The van der Waals surface area contributed by atoms with Crippen LogP contribution in [-0.4, -0.2) is 11.0 Å². The van der Waals surface area contributed by atoms with Gasteiger partial charge in [-0.15, -0.1) is 11.3 Å². The Morgan fingerprint density at radius 2 is 2.13 bits per heavy atom. The summed E-state index contributed by atoms with van der Waals surface area (Å²) >= 11 is 1.71. The Kier molecular flexibility index (Phi) is 3.53. The summed E-state index contributed by atoms with van der Waals surface area (Å²) in [6, 6.07) is 7.12. The zero-order valence-electron chi connectivity index (χ0n) is 13.1. The van der Waals surface area contributed by atoms with Gasteiger partial charge in [-0.05, 0) is 36.8 Å². The van der Waals surface area contributed by atoms with Crippen LogP contribution in [0.1, 0.15) is 52.3 Å². The SMILES string of the molecule is CC[C@@H]1CCc2c(sc3c2C(=O)N[C@H](c2ccccc2O)N3)C1. The Morgan fingerprint density at radius 1 is 1.30 bits per heavy atom. The van der Waals surface area contributed by atoms with E-state index in [9.17, 15) is 9.90 Å². The molecule has 0 radical (unpaired) electrons. The minimum absolute atomic E-state index is 0.0283. The molecule has 120 valence electrons. The van der Waals surface area contributed by atoms with Crippen LogP contribution in [0.2, 0.25) is 0 Å².